The summed E-state index contributed by atoms with van der Waals surface area (Å²) in [5.41, 5.74) is 0.607. The Morgan fingerprint density at radius 3 is 2.30 bits per heavy atom. The minimum atomic E-state index is 0. The van der Waals surface area contributed by atoms with E-state index in [0.717, 1.165) is 24.1 Å². The normalized spacial score (nSPS) is 10.5. The number of phenols is 1. The van der Waals surface area contributed by atoms with Crippen molar-refractivity contribution in [2.45, 2.75) is 26.2 Å². The first-order valence-electron chi connectivity index (χ1n) is 7.47. The standard InChI is InChI=1S/C18H20O3P.Li/c1-2-3-4-13-21-16-9-11-17(12-10-16)22-18(20)14-5-7-15(19)8-6-14;/h5-12,19H,2-4,13H2,1H3;/q-1;+1. The Kier molecular flexibility index (Phi) is 9.03. The number of hydrogen-bond donors (Lipinski definition) is 1. The van der Waals surface area contributed by atoms with E-state index in [1.54, 1.807) is 12.1 Å². The molecule has 0 atom stereocenters. The molecule has 0 fully saturated rings. The largest absolute Gasteiger partial charge is 1.00 e. The van der Waals surface area contributed by atoms with Crippen molar-refractivity contribution in [2.75, 3.05) is 6.61 Å². The maximum Gasteiger partial charge on any atom is 1.00 e. The van der Waals surface area contributed by atoms with E-state index in [1.807, 2.05) is 24.3 Å². The second-order valence-corrected chi connectivity index (χ2v) is 6.16. The van der Waals surface area contributed by atoms with E-state index >= 15 is 0 Å². The van der Waals surface area contributed by atoms with Gasteiger partial charge in [0.15, 0.2) is 0 Å². The molecule has 0 amide bonds. The van der Waals surface area contributed by atoms with Gasteiger partial charge in [-0.2, -0.15) is 5.30 Å². The third-order valence-corrected chi connectivity index (χ3v) is 4.22. The molecule has 0 unspecified atom stereocenters. The second-order valence-electron chi connectivity index (χ2n) is 5.01. The molecule has 0 aliphatic rings. The predicted molar refractivity (Wildman–Crippen MR) is 90.5 cm³/mol. The number of unbranched alkanes of at least 4 members (excludes halogenated alkanes) is 2. The summed E-state index contributed by atoms with van der Waals surface area (Å²) in [6.07, 6.45) is 3.42. The van der Waals surface area contributed by atoms with Crippen molar-refractivity contribution >= 4 is 19.4 Å². The predicted octanol–water partition coefficient (Wildman–Crippen LogP) is 1.38. The molecule has 2 aromatic carbocycles. The number of benzene rings is 2. The van der Waals surface area contributed by atoms with Crippen LogP contribution >= 0.6 is 8.58 Å². The summed E-state index contributed by atoms with van der Waals surface area (Å²) >= 11 is 0. The van der Waals surface area contributed by atoms with Gasteiger partial charge in [-0.05, 0) is 36.2 Å². The molecule has 0 heterocycles. The van der Waals surface area contributed by atoms with Crippen LogP contribution in [0.2, 0.25) is 0 Å². The molecule has 0 bridgehead atoms. The fraction of sp³-hybridized carbons (Fsp3) is 0.278. The number of carbonyl (C=O) groups excluding carboxylic acids is 1. The van der Waals surface area contributed by atoms with Gasteiger partial charge in [-0.25, -0.2) is 0 Å². The van der Waals surface area contributed by atoms with Gasteiger partial charge in [0.05, 0.1) is 6.61 Å². The van der Waals surface area contributed by atoms with Crippen LogP contribution in [0.5, 0.6) is 11.5 Å². The van der Waals surface area contributed by atoms with Crippen LogP contribution in [0.3, 0.4) is 0 Å². The topological polar surface area (TPSA) is 46.5 Å². The molecule has 116 valence electrons. The summed E-state index contributed by atoms with van der Waals surface area (Å²) in [7, 11) is 0.621. The Morgan fingerprint density at radius 2 is 1.70 bits per heavy atom. The summed E-state index contributed by atoms with van der Waals surface area (Å²) in [5, 5.41) is 10.2. The summed E-state index contributed by atoms with van der Waals surface area (Å²) in [4.78, 5) is 12.1. The fourth-order valence-electron chi connectivity index (χ4n) is 1.94. The summed E-state index contributed by atoms with van der Waals surface area (Å²) in [6.45, 7) is 2.90. The molecule has 3 nitrogen and oxygen atoms in total. The molecule has 0 aliphatic carbocycles. The molecule has 1 N–H and O–H groups in total. The van der Waals surface area contributed by atoms with Gasteiger partial charge in [0.25, 0.3) is 0 Å². The minimum absolute atomic E-state index is 0. The number of phenolic OH excluding ortho intramolecular Hbond substituents is 1. The van der Waals surface area contributed by atoms with Crippen LogP contribution in [0.4, 0.5) is 0 Å². The van der Waals surface area contributed by atoms with Crippen LogP contribution < -0.4 is 28.9 Å². The Balaban J connectivity index is 0.00000264. The first-order chi connectivity index (χ1) is 10.7. The number of ether oxygens (including phenoxy) is 1. The van der Waals surface area contributed by atoms with Crippen molar-refractivity contribution in [3.63, 3.8) is 0 Å². The molecular weight excluding hydrogens is 302 g/mol. The average Bonchev–Trinajstić information content (AvgIpc) is 2.54. The van der Waals surface area contributed by atoms with Crippen molar-refractivity contribution in [3.8, 4) is 11.5 Å². The van der Waals surface area contributed by atoms with Gasteiger partial charge in [0.2, 0.25) is 0 Å². The molecule has 0 spiro atoms. The van der Waals surface area contributed by atoms with Gasteiger partial charge < -0.3 is 23.2 Å². The van der Waals surface area contributed by atoms with Crippen LogP contribution in [-0.2, 0) is 0 Å². The van der Waals surface area contributed by atoms with Gasteiger partial charge in [-0.15, -0.1) is 0 Å². The zero-order valence-corrected chi connectivity index (χ0v) is 14.6. The zero-order valence-electron chi connectivity index (χ0n) is 13.7. The van der Waals surface area contributed by atoms with E-state index < -0.39 is 0 Å². The van der Waals surface area contributed by atoms with Gasteiger partial charge in [-0.3, -0.25) is 0 Å². The Hall–Kier alpha value is -1.26. The van der Waals surface area contributed by atoms with E-state index in [9.17, 15) is 9.90 Å². The molecule has 0 aromatic heterocycles. The van der Waals surface area contributed by atoms with Crippen LogP contribution in [0.15, 0.2) is 48.5 Å². The molecule has 5 heteroatoms. The van der Waals surface area contributed by atoms with Crippen molar-refractivity contribution in [2.24, 2.45) is 0 Å². The Bertz CT molecular complexity index is 597. The average molecular weight is 322 g/mol. The van der Waals surface area contributed by atoms with Crippen LogP contribution in [0, 0.1) is 0 Å². The van der Waals surface area contributed by atoms with Crippen LogP contribution in [0.25, 0.3) is 0 Å². The van der Waals surface area contributed by atoms with E-state index in [2.05, 4.69) is 6.92 Å². The molecular formula is C18H20LiO3P. The van der Waals surface area contributed by atoms with Crippen molar-refractivity contribution in [1.82, 2.24) is 0 Å². The number of hydrogen-bond acceptors (Lipinski definition) is 3. The summed E-state index contributed by atoms with van der Waals surface area (Å²) in [6, 6.07) is 13.9. The van der Waals surface area contributed by atoms with E-state index in [-0.39, 0.29) is 30.1 Å². The van der Waals surface area contributed by atoms with Crippen molar-refractivity contribution in [1.29, 1.82) is 0 Å². The van der Waals surface area contributed by atoms with E-state index in [4.69, 9.17) is 4.74 Å². The third-order valence-electron chi connectivity index (χ3n) is 3.20. The van der Waals surface area contributed by atoms with Crippen molar-refractivity contribution < 1.29 is 33.5 Å². The molecule has 23 heavy (non-hydrogen) atoms. The van der Waals surface area contributed by atoms with Gasteiger partial charge >= 0.3 is 18.9 Å². The number of rotatable bonds is 8. The molecule has 2 rings (SSSR count). The third kappa shape index (κ3) is 6.79. The number of carbonyl (C=O) groups is 1. The summed E-state index contributed by atoms with van der Waals surface area (Å²) < 4.78 is 5.65. The van der Waals surface area contributed by atoms with Gasteiger partial charge in [-0.1, -0.05) is 44.0 Å². The number of aromatic hydroxyl groups is 1. The van der Waals surface area contributed by atoms with Crippen LogP contribution in [0.1, 0.15) is 36.5 Å². The first kappa shape index (κ1) is 19.8. The zero-order chi connectivity index (χ0) is 15.8. The fourth-order valence-corrected chi connectivity index (χ4v) is 2.76. The van der Waals surface area contributed by atoms with Gasteiger partial charge in [0.1, 0.15) is 11.5 Å². The minimum Gasteiger partial charge on any atom is -0.508 e. The van der Waals surface area contributed by atoms with Gasteiger partial charge in [0, 0.05) is 5.52 Å². The van der Waals surface area contributed by atoms with E-state index in [1.165, 1.54) is 25.0 Å². The van der Waals surface area contributed by atoms with E-state index in [0.29, 0.717) is 14.1 Å². The molecule has 0 saturated carbocycles. The molecule has 0 aliphatic heterocycles. The molecule has 0 radical (unpaired) electrons. The summed E-state index contributed by atoms with van der Waals surface area (Å²) in [5.74, 6) is 1.00. The first-order valence-corrected chi connectivity index (χ1v) is 8.36. The second kappa shape index (κ2) is 10.5. The Morgan fingerprint density at radius 1 is 1.04 bits per heavy atom. The molecule has 2 aromatic rings. The maximum atomic E-state index is 12.1. The maximum absolute atomic E-state index is 12.1. The molecule has 0 saturated heterocycles. The van der Waals surface area contributed by atoms with Crippen molar-refractivity contribution in [3.05, 3.63) is 54.1 Å². The van der Waals surface area contributed by atoms with Crippen LogP contribution in [-0.4, -0.2) is 17.2 Å². The smallest absolute Gasteiger partial charge is 0.508 e. The quantitative estimate of drug-likeness (QED) is 0.454. The SMILES string of the molecule is CCCCCOc1ccc([P-]C(=O)c2ccc(O)cc2)cc1.[Li+]. The monoisotopic (exact) mass is 322 g/mol. The Labute approximate surface area is 151 Å².